The molecule has 0 aromatic rings. The van der Waals surface area contributed by atoms with Crippen LogP contribution in [0.3, 0.4) is 0 Å². The average Bonchev–Trinajstić information content (AvgIpc) is 1.81. The smallest absolute Gasteiger partial charge is 0.0696 e. The lowest BCUT2D eigenvalue weighted by Gasteiger charge is -2.17. The second-order valence-electron chi connectivity index (χ2n) is 2.10. The summed E-state index contributed by atoms with van der Waals surface area (Å²) >= 11 is 4.84. The summed E-state index contributed by atoms with van der Waals surface area (Å²) in [6.45, 7) is 1.54. The number of rotatable bonds is 4. The number of hydrogen-bond acceptors (Lipinski definition) is 3. The van der Waals surface area contributed by atoms with Crippen molar-refractivity contribution in [3.63, 3.8) is 0 Å². The second kappa shape index (κ2) is 5.15. The summed E-state index contributed by atoms with van der Waals surface area (Å²) in [5, 5.41) is 17.7. The van der Waals surface area contributed by atoms with Gasteiger partial charge in [0, 0.05) is 0 Å². The van der Waals surface area contributed by atoms with Crippen LogP contribution in [0.4, 0.5) is 0 Å². The summed E-state index contributed by atoms with van der Waals surface area (Å²) in [6, 6.07) is -0.286. The zero-order valence-corrected chi connectivity index (χ0v) is 7.71. The van der Waals surface area contributed by atoms with Gasteiger partial charge >= 0.3 is 0 Å². The standard InChI is InChI=1S/C5H13NO2S2/c1-4(8)5(3-7)6-10(2)9/h4-8H,3H2,1-2H3/t4-,5-,10?/m1/s1. The first-order chi connectivity index (χ1) is 4.57. The maximum absolute atomic E-state index is 9.00. The molecule has 0 saturated heterocycles. The van der Waals surface area contributed by atoms with Gasteiger partial charge in [0.05, 0.1) is 18.8 Å². The first kappa shape index (κ1) is 10.4. The quantitative estimate of drug-likeness (QED) is 0.520. The van der Waals surface area contributed by atoms with Gasteiger partial charge in [-0.1, -0.05) is 9.64 Å². The topological polar surface area (TPSA) is 52.5 Å². The summed E-state index contributed by atoms with van der Waals surface area (Å²) in [7, 11) is -0.353. The molecule has 0 aromatic carbocycles. The molecule has 0 spiro atoms. The van der Waals surface area contributed by atoms with Gasteiger partial charge in [0.1, 0.15) is 0 Å². The molecule has 3 N–H and O–H groups in total. The summed E-state index contributed by atoms with van der Waals surface area (Å²) in [4.78, 5) is 0. The van der Waals surface area contributed by atoms with Crippen LogP contribution in [0.5, 0.6) is 0 Å². The van der Waals surface area contributed by atoms with E-state index in [1.54, 1.807) is 6.92 Å². The Hall–Kier alpha value is 0.450. The second-order valence-corrected chi connectivity index (χ2v) is 4.75. The maximum Gasteiger partial charge on any atom is 0.0696 e. The lowest BCUT2D eigenvalue weighted by atomic mass is 10.2. The van der Waals surface area contributed by atoms with Crippen molar-refractivity contribution in [1.29, 1.82) is 0 Å². The van der Waals surface area contributed by atoms with Gasteiger partial charge in [-0.2, -0.15) is 0 Å². The van der Waals surface area contributed by atoms with Gasteiger partial charge in [0.25, 0.3) is 0 Å². The van der Waals surface area contributed by atoms with E-state index in [9.17, 15) is 0 Å². The fourth-order valence-corrected chi connectivity index (χ4v) is 1.57. The van der Waals surface area contributed by atoms with Crippen LogP contribution in [0.1, 0.15) is 6.92 Å². The molecule has 0 aliphatic carbocycles. The molecule has 1 unspecified atom stereocenters. The Labute approximate surface area is 68.2 Å². The third kappa shape index (κ3) is 4.29. The predicted octanol–water partition coefficient (Wildman–Crippen LogP) is -1.06. The van der Waals surface area contributed by atoms with Crippen LogP contribution in [0.15, 0.2) is 0 Å². The van der Waals surface area contributed by atoms with Crippen LogP contribution in [0.2, 0.25) is 0 Å². The van der Waals surface area contributed by atoms with Crippen LogP contribution in [0, 0.1) is 0 Å². The van der Waals surface area contributed by atoms with Crippen LogP contribution in [-0.2, 0) is 20.8 Å². The van der Waals surface area contributed by atoms with Crippen molar-refractivity contribution >= 4 is 20.8 Å². The third-order valence-corrected chi connectivity index (χ3v) is 2.02. The largest absolute Gasteiger partial charge is 0.395 e. The molecule has 0 aromatic heterocycles. The zero-order valence-electron chi connectivity index (χ0n) is 6.07. The van der Waals surface area contributed by atoms with E-state index in [4.69, 9.17) is 21.4 Å². The Morgan fingerprint density at radius 3 is 2.30 bits per heavy atom. The van der Waals surface area contributed by atoms with Crippen molar-refractivity contribution in [3.05, 3.63) is 0 Å². The van der Waals surface area contributed by atoms with Crippen LogP contribution in [0.25, 0.3) is 0 Å². The van der Waals surface area contributed by atoms with Gasteiger partial charge in [0.15, 0.2) is 0 Å². The van der Waals surface area contributed by atoms with Gasteiger partial charge < -0.3 is 10.2 Å². The predicted molar refractivity (Wildman–Crippen MR) is 46.3 cm³/mol. The molecule has 0 saturated carbocycles. The molecule has 0 rings (SSSR count). The SMILES string of the molecule is C[C@@H](O)[C@@H](CO)NS(C)=S. The van der Waals surface area contributed by atoms with Gasteiger partial charge in [-0.05, 0) is 24.4 Å². The first-order valence-electron chi connectivity index (χ1n) is 2.96. The van der Waals surface area contributed by atoms with E-state index in [0.29, 0.717) is 0 Å². The highest BCUT2D eigenvalue weighted by Crippen LogP contribution is 1.91. The Balaban J connectivity index is 3.71. The summed E-state index contributed by atoms with van der Waals surface area (Å²) in [6.07, 6.45) is 1.27. The molecule has 10 heavy (non-hydrogen) atoms. The number of nitrogens with one attached hydrogen (secondary N) is 1. The van der Waals surface area contributed by atoms with Crippen molar-refractivity contribution < 1.29 is 10.2 Å². The number of hydrogen-bond donors (Lipinski definition) is 3. The molecule has 3 atom stereocenters. The Kier molecular flexibility index (Phi) is 5.38. The molecule has 0 bridgehead atoms. The van der Waals surface area contributed by atoms with Crippen molar-refractivity contribution in [1.82, 2.24) is 4.72 Å². The lowest BCUT2D eigenvalue weighted by Crippen LogP contribution is -2.41. The summed E-state index contributed by atoms with van der Waals surface area (Å²) in [5.74, 6) is 0. The maximum atomic E-state index is 9.00. The van der Waals surface area contributed by atoms with Gasteiger partial charge in [-0.15, -0.1) is 0 Å². The monoisotopic (exact) mass is 183 g/mol. The highest BCUT2D eigenvalue weighted by Gasteiger charge is 2.12. The Morgan fingerprint density at radius 2 is 2.20 bits per heavy atom. The molecular formula is C5H13NO2S2. The minimum absolute atomic E-state index is 0.0777. The fourth-order valence-electron chi connectivity index (χ4n) is 0.501. The highest BCUT2D eigenvalue weighted by molar-refractivity contribution is 8.27. The molecule has 0 aliphatic heterocycles. The van der Waals surface area contributed by atoms with E-state index in [1.165, 1.54) is 0 Å². The molecule has 0 amide bonds. The van der Waals surface area contributed by atoms with E-state index >= 15 is 0 Å². The van der Waals surface area contributed by atoms with Crippen molar-refractivity contribution in [2.75, 3.05) is 12.9 Å². The van der Waals surface area contributed by atoms with Crippen molar-refractivity contribution in [2.24, 2.45) is 0 Å². The van der Waals surface area contributed by atoms with Gasteiger partial charge in [-0.3, -0.25) is 4.72 Å². The van der Waals surface area contributed by atoms with Crippen LogP contribution < -0.4 is 4.72 Å². The minimum Gasteiger partial charge on any atom is -0.395 e. The van der Waals surface area contributed by atoms with Gasteiger partial charge in [0.2, 0.25) is 0 Å². The van der Waals surface area contributed by atoms with Gasteiger partial charge in [-0.25, -0.2) is 0 Å². The highest BCUT2D eigenvalue weighted by atomic mass is 32.8. The minimum atomic E-state index is -0.553. The molecular weight excluding hydrogens is 170 g/mol. The number of aliphatic hydroxyl groups excluding tert-OH is 2. The van der Waals surface area contributed by atoms with E-state index in [-0.39, 0.29) is 22.3 Å². The first-order valence-corrected chi connectivity index (χ1v) is 5.52. The third-order valence-electron chi connectivity index (χ3n) is 1.10. The zero-order chi connectivity index (χ0) is 8.15. The van der Waals surface area contributed by atoms with Crippen LogP contribution in [-0.4, -0.2) is 35.2 Å². The van der Waals surface area contributed by atoms with E-state index in [0.717, 1.165) is 0 Å². The van der Waals surface area contributed by atoms with Crippen LogP contribution >= 0.6 is 0 Å². The number of aliphatic hydroxyl groups is 2. The molecule has 0 aliphatic rings. The Bertz CT molecular complexity index is 118. The molecule has 0 radical (unpaired) electrons. The average molecular weight is 183 g/mol. The van der Waals surface area contributed by atoms with E-state index in [2.05, 4.69) is 4.72 Å². The lowest BCUT2D eigenvalue weighted by molar-refractivity contribution is 0.117. The van der Waals surface area contributed by atoms with Crippen molar-refractivity contribution in [2.45, 2.75) is 19.1 Å². The molecule has 0 heterocycles. The molecule has 5 heteroatoms. The van der Waals surface area contributed by atoms with Crippen molar-refractivity contribution in [3.8, 4) is 0 Å². The summed E-state index contributed by atoms with van der Waals surface area (Å²) in [5.41, 5.74) is 0. The molecule has 62 valence electrons. The Morgan fingerprint density at radius 1 is 1.70 bits per heavy atom. The normalized spacial score (nSPS) is 20.0. The van der Waals surface area contributed by atoms with E-state index in [1.807, 2.05) is 6.26 Å². The fraction of sp³-hybridized carbons (Fsp3) is 1.00. The summed E-state index contributed by atoms with van der Waals surface area (Å²) < 4.78 is 2.87. The molecule has 3 nitrogen and oxygen atoms in total. The molecule has 0 fully saturated rings. The van der Waals surface area contributed by atoms with E-state index < -0.39 is 6.10 Å².